The van der Waals surface area contributed by atoms with Crippen molar-refractivity contribution >= 4 is 5.71 Å². The normalized spacial score (nSPS) is 12.6. The lowest BCUT2D eigenvalue weighted by Gasteiger charge is -2.17. The molecule has 0 heterocycles. The molecule has 0 aliphatic rings. The molecule has 0 saturated carbocycles. The number of rotatable bonds is 7. The molecule has 2 aromatic rings. The number of benzene rings is 2. The van der Waals surface area contributed by atoms with Crippen LogP contribution in [0.1, 0.15) is 25.0 Å². The van der Waals surface area contributed by atoms with E-state index in [-0.39, 0.29) is 28.7 Å². The topological polar surface area (TPSA) is 51.0 Å². The molecular formula is C18H15F6NO3. The van der Waals surface area contributed by atoms with E-state index >= 15 is 0 Å². The van der Waals surface area contributed by atoms with Crippen LogP contribution in [-0.4, -0.2) is 29.6 Å². The van der Waals surface area contributed by atoms with Gasteiger partial charge < -0.3 is 14.7 Å². The van der Waals surface area contributed by atoms with Gasteiger partial charge in [-0.3, -0.25) is 0 Å². The molecule has 0 radical (unpaired) electrons. The number of hydrogen-bond donors (Lipinski definition) is 1. The van der Waals surface area contributed by atoms with E-state index in [0.29, 0.717) is 6.07 Å². The molecule has 0 atom stereocenters. The zero-order chi connectivity index (χ0) is 21.1. The van der Waals surface area contributed by atoms with Crippen molar-refractivity contribution in [1.82, 2.24) is 0 Å². The van der Waals surface area contributed by atoms with E-state index in [1.54, 1.807) is 13.8 Å². The van der Waals surface area contributed by atoms with Crippen LogP contribution in [0.2, 0.25) is 0 Å². The third-order valence-corrected chi connectivity index (χ3v) is 3.32. The summed E-state index contributed by atoms with van der Waals surface area (Å²) in [7, 11) is 0. The second kappa shape index (κ2) is 8.41. The fourth-order valence-electron chi connectivity index (χ4n) is 2.24. The molecule has 0 bridgehead atoms. The van der Waals surface area contributed by atoms with Gasteiger partial charge in [0.2, 0.25) is 0 Å². The molecule has 0 aliphatic carbocycles. The Hall–Kier alpha value is -2.91. The van der Waals surface area contributed by atoms with Crippen LogP contribution in [0.3, 0.4) is 0 Å². The van der Waals surface area contributed by atoms with E-state index in [1.165, 1.54) is 6.07 Å². The van der Waals surface area contributed by atoms with Gasteiger partial charge in [-0.05, 0) is 44.2 Å². The molecule has 0 saturated heterocycles. The molecular weight excluding hydrogens is 392 g/mol. The summed E-state index contributed by atoms with van der Waals surface area (Å²) < 4.78 is 87.5. The summed E-state index contributed by atoms with van der Waals surface area (Å²) in [5.74, 6) is -2.93. The Kier molecular flexibility index (Phi) is 6.42. The van der Waals surface area contributed by atoms with Gasteiger partial charge in [0.15, 0.2) is 11.6 Å². The van der Waals surface area contributed by atoms with Crippen LogP contribution in [0.15, 0.2) is 41.6 Å². The number of halogens is 6. The molecule has 1 N–H and O–H groups in total. The fourth-order valence-corrected chi connectivity index (χ4v) is 2.24. The standard InChI is InChI=1S/C18H15F6NO3/c1-9(2)27-15-7-10(3-4-14(15)20)16(25-26)11-5-12(19)8-13(6-11)28-18(23,24)17(21)22/h3-9,17,26H,1-2H3/b25-16-. The fraction of sp³-hybridized carbons (Fsp3) is 0.278. The molecule has 2 aromatic carbocycles. The first-order valence-corrected chi connectivity index (χ1v) is 7.88. The Bertz CT molecular complexity index is 870. The maximum Gasteiger partial charge on any atom is 0.461 e. The van der Waals surface area contributed by atoms with E-state index in [9.17, 15) is 31.5 Å². The second-order valence-corrected chi connectivity index (χ2v) is 5.90. The van der Waals surface area contributed by atoms with Gasteiger partial charge in [0.05, 0.1) is 6.10 Å². The predicted molar refractivity (Wildman–Crippen MR) is 87.6 cm³/mol. The molecule has 2 rings (SSSR count). The van der Waals surface area contributed by atoms with Crippen molar-refractivity contribution in [1.29, 1.82) is 0 Å². The molecule has 0 amide bonds. The minimum absolute atomic E-state index is 0.0525. The monoisotopic (exact) mass is 407 g/mol. The largest absolute Gasteiger partial charge is 0.488 e. The smallest absolute Gasteiger partial charge is 0.461 e. The minimum Gasteiger partial charge on any atom is -0.488 e. The van der Waals surface area contributed by atoms with Crippen LogP contribution in [0, 0.1) is 11.6 Å². The van der Waals surface area contributed by atoms with Crippen molar-refractivity contribution < 1.29 is 41.0 Å². The minimum atomic E-state index is -4.85. The summed E-state index contributed by atoms with van der Waals surface area (Å²) in [5, 5.41) is 12.3. The van der Waals surface area contributed by atoms with Gasteiger partial charge >= 0.3 is 12.5 Å². The SMILES string of the molecule is CC(C)Oc1cc(/C(=N/O)c2cc(F)cc(OC(F)(F)C(F)F)c2)ccc1F. The quantitative estimate of drug-likeness (QED) is 0.297. The van der Waals surface area contributed by atoms with Gasteiger partial charge in [-0.2, -0.15) is 17.6 Å². The van der Waals surface area contributed by atoms with Crippen LogP contribution in [-0.2, 0) is 0 Å². The summed E-state index contributed by atoms with van der Waals surface area (Å²) in [6, 6.07) is 5.38. The van der Waals surface area contributed by atoms with Crippen molar-refractivity contribution in [2.45, 2.75) is 32.5 Å². The van der Waals surface area contributed by atoms with E-state index in [1.807, 2.05) is 0 Å². The van der Waals surface area contributed by atoms with Gasteiger partial charge in [-0.15, -0.1) is 0 Å². The zero-order valence-corrected chi connectivity index (χ0v) is 14.6. The Morgan fingerprint density at radius 2 is 1.71 bits per heavy atom. The van der Waals surface area contributed by atoms with Gasteiger partial charge in [-0.1, -0.05) is 5.16 Å². The van der Waals surface area contributed by atoms with Crippen molar-refractivity contribution in [3.05, 3.63) is 59.2 Å². The molecule has 4 nitrogen and oxygen atoms in total. The van der Waals surface area contributed by atoms with Gasteiger partial charge in [0.1, 0.15) is 17.3 Å². The molecule has 10 heteroatoms. The summed E-state index contributed by atoms with van der Waals surface area (Å²) in [4.78, 5) is 0. The van der Waals surface area contributed by atoms with E-state index < -0.39 is 29.9 Å². The Labute approximate surface area is 156 Å². The maximum atomic E-state index is 13.8. The zero-order valence-electron chi connectivity index (χ0n) is 14.6. The lowest BCUT2D eigenvalue weighted by atomic mass is 10.0. The first kappa shape index (κ1) is 21.4. The molecule has 28 heavy (non-hydrogen) atoms. The Balaban J connectivity index is 2.45. The molecule has 152 valence electrons. The first-order chi connectivity index (χ1) is 13.0. The van der Waals surface area contributed by atoms with Crippen molar-refractivity contribution in [2.75, 3.05) is 0 Å². The van der Waals surface area contributed by atoms with Crippen molar-refractivity contribution in [3.8, 4) is 11.5 Å². The number of oxime groups is 1. The number of ether oxygens (including phenoxy) is 2. The number of hydrogen-bond acceptors (Lipinski definition) is 4. The highest BCUT2D eigenvalue weighted by atomic mass is 19.3. The average Bonchev–Trinajstić information content (AvgIpc) is 2.57. The summed E-state index contributed by atoms with van der Waals surface area (Å²) >= 11 is 0. The van der Waals surface area contributed by atoms with Gasteiger partial charge in [0, 0.05) is 17.2 Å². The lowest BCUT2D eigenvalue weighted by molar-refractivity contribution is -0.253. The molecule has 0 unspecified atom stereocenters. The van der Waals surface area contributed by atoms with Crippen LogP contribution in [0.4, 0.5) is 26.3 Å². The third-order valence-electron chi connectivity index (χ3n) is 3.32. The molecule has 0 fully saturated rings. The second-order valence-electron chi connectivity index (χ2n) is 5.90. The number of nitrogens with zero attached hydrogens (tertiary/aromatic N) is 1. The van der Waals surface area contributed by atoms with Gasteiger partial charge in [-0.25, -0.2) is 8.78 Å². The average molecular weight is 407 g/mol. The van der Waals surface area contributed by atoms with E-state index in [4.69, 9.17) is 4.74 Å². The van der Waals surface area contributed by atoms with Crippen molar-refractivity contribution in [3.63, 3.8) is 0 Å². The third kappa shape index (κ3) is 5.08. The van der Waals surface area contributed by atoms with Crippen LogP contribution in [0.25, 0.3) is 0 Å². The van der Waals surface area contributed by atoms with Crippen LogP contribution < -0.4 is 9.47 Å². The predicted octanol–water partition coefficient (Wildman–Crippen LogP) is 5.22. The molecule has 0 aliphatic heterocycles. The molecule has 0 aromatic heterocycles. The van der Waals surface area contributed by atoms with Gasteiger partial charge in [0.25, 0.3) is 0 Å². The maximum absolute atomic E-state index is 13.8. The first-order valence-electron chi connectivity index (χ1n) is 7.88. The highest BCUT2D eigenvalue weighted by molar-refractivity contribution is 6.13. The Morgan fingerprint density at radius 3 is 2.29 bits per heavy atom. The highest BCUT2D eigenvalue weighted by Crippen LogP contribution is 2.30. The summed E-state index contributed by atoms with van der Waals surface area (Å²) in [6.45, 7) is 3.29. The summed E-state index contributed by atoms with van der Waals surface area (Å²) in [5.41, 5.74) is -0.570. The van der Waals surface area contributed by atoms with Crippen LogP contribution >= 0.6 is 0 Å². The van der Waals surface area contributed by atoms with Crippen molar-refractivity contribution in [2.24, 2.45) is 5.16 Å². The number of alkyl halides is 4. The van der Waals surface area contributed by atoms with E-state index in [0.717, 1.165) is 24.3 Å². The highest BCUT2D eigenvalue weighted by Gasteiger charge is 2.44. The van der Waals surface area contributed by atoms with E-state index in [2.05, 4.69) is 9.89 Å². The summed E-state index contributed by atoms with van der Waals surface area (Å²) in [6.07, 6.45) is -9.38. The Morgan fingerprint density at radius 1 is 1.04 bits per heavy atom. The lowest BCUT2D eigenvalue weighted by Crippen LogP contribution is -2.33. The van der Waals surface area contributed by atoms with Crippen LogP contribution in [0.5, 0.6) is 11.5 Å². The molecule has 0 spiro atoms.